The molecule has 34 heavy (non-hydrogen) atoms. The van der Waals surface area contributed by atoms with Gasteiger partial charge < -0.3 is 14.6 Å². The molecule has 1 N–H and O–H groups in total. The van der Waals surface area contributed by atoms with Crippen molar-refractivity contribution >= 4 is 17.7 Å². The number of likely N-dealkylation sites (tertiary alicyclic amines) is 1. The van der Waals surface area contributed by atoms with Gasteiger partial charge in [-0.05, 0) is 56.1 Å². The van der Waals surface area contributed by atoms with E-state index in [9.17, 15) is 4.79 Å². The summed E-state index contributed by atoms with van der Waals surface area (Å²) < 4.78 is 7.37. The number of carbonyl (C=O) groups is 1. The van der Waals surface area contributed by atoms with Crippen LogP contribution in [0.5, 0.6) is 5.75 Å². The topological polar surface area (TPSA) is 72.3 Å². The second-order valence-electron chi connectivity index (χ2n) is 8.58. The Kier molecular flexibility index (Phi) is 8.60. The largest absolute Gasteiger partial charge is 0.497 e. The number of thioether (sulfide) groups is 1. The number of amides is 1. The molecule has 0 aliphatic carbocycles. The first-order valence-electron chi connectivity index (χ1n) is 11.9. The summed E-state index contributed by atoms with van der Waals surface area (Å²) in [7, 11) is 1.68. The number of piperidine rings is 1. The Hall–Kier alpha value is -2.84. The minimum Gasteiger partial charge on any atom is -0.497 e. The van der Waals surface area contributed by atoms with E-state index >= 15 is 0 Å². The molecule has 8 heteroatoms. The van der Waals surface area contributed by atoms with Crippen molar-refractivity contribution in [1.82, 2.24) is 25.0 Å². The first kappa shape index (κ1) is 24.3. The van der Waals surface area contributed by atoms with Gasteiger partial charge in [-0.25, -0.2) is 0 Å². The summed E-state index contributed by atoms with van der Waals surface area (Å²) in [4.78, 5) is 15.3. The fourth-order valence-corrected chi connectivity index (χ4v) is 5.14. The summed E-state index contributed by atoms with van der Waals surface area (Å²) in [5, 5.41) is 12.4. The van der Waals surface area contributed by atoms with Gasteiger partial charge in [0.1, 0.15) is 11.6 Å². The minimum atomic E-state index is 0.00688. The van der Waals surface area contributed by atoms with Crippen LogP contribution in [0.1, 0.15) is 42.3 Å². The third-order valence-electron chi connectivity index (χ3n) is 6.24. The first-order valence-corrected chi connectivity index (χ1v) is 12.8. The van der Waals surface area contributed by atoms with Crippen molar-refractivity contribution < 1.29 is 9.53 Å². The zero-order chi connectivity index (χ0) is 23.8. The molecule has 1 amide bonds. The van der Waals surface area contributed by atoms with Crippen LogP contribution in [0.25, 0.3) is 0 Å². The fourth-order valence-electron chi connectivity index (χ4n) is 4.32. The van der Waals surface area contributed by atoms with E-state index in [-0.39, 0.29) is 11.9 Å². The van der Waals surface area contributed by atoms with Crippen molar-refractivity contribution in [2.75, 3.05) is 32.5 Å². The summed E-state index contributed by atoms with van der Waals surface area (Å²) in [6.07, 6.45) is 3.68. The predicted molar refractivity (Wildman–Crippen MR) is 135 cm³/mol. The van der Waals surface area contributed by atoms with Crippen LogP contribution in [0, 0.1) is 6.92 Å². The highest BCUT2D eigenvalue weighted by molar-refractivity contribution is 7.99. The Labute approximate surface area is 205 Å². The molecule has 7 nitrogen and oxygen atoms in total. The number of benzene rings is 2. The van der Waals surface area contributed by atoms with Gasteiger partial charge in [0, 0.05) is 6.54 Å². The summed E-state index contributed by atoms with van der Waals surface area (Å²) in [6.45, 7) is 5.34. The van der Waals surface area contributed by atoms with Crippen LogP contribution < -0.4 is 10.1 Å². The molecule has 1 unspecified atom stereocenters. The predicted octanol–water partition coefficient (Wildman–Crippen LogP) is 4.08. The van der Waals surface area contributed by atoms with Gasteiger partial charge in [-0.1, -0.05) is 60.6 Å². The van der Waals surface area contributed by atoms with Crippen molar-refractivity contribution in [3.63, 3.8) is 0 Å². The SMILES string of the molecule is COc1ccc(C(CNC(=O)CSc2nnc(C)n2Cc2ccccc2)N2CCCCC2)cc1. The maximum absolute atomic E-state index is 12.8. The molecule has 0 radical (unpaired) electrons. The highest BCUT2D eigenvalue weighted by atomic mass is 32.2. The number of hydrogen-bond acceptors (Lipinski definition) is 6. The zero-order valence-corrected chi connectivity index (χ0v) is 20.8. The summed E-state index contributed by atoms with van der Waals surface area (Å²) in [6, 6.07) is 18.6. The van der Waals surface area contributed by atoms with E-state index in [4.69, 9.17) is 4.74 Å². The van der Waals surface area contributed by atoms with Crippen LogP contribution >= 0.6 is 11.8 Å². The van der Waals surface area contributed by atoms with E-state index in [0.29, 0.717) is 18.8 Å². The third kappa shape index (κ3) is 6.39. The number of nitrogens with one attached hydrogen (secondary N) is 1. The molecule has 0 spiro atoms. The molecule has 1 saturated heterocycles. The van der Waals surface area contributed by atoms with Crippen LogP contribution in [0.4, 0.5) is 0 Å². The molecule has 1 aromatic heterocycles. The van der Waals surface area contributed by atoms with Gasteiger partial charge in [0.15, 0.2) is 5.16 Å². The van der Waals surface area contributed by atoms with Crippen molar-refractivity contribution in [3.05, 3.63) is 71.5 Å². The Bertz CT molecular complexity index is 1050. The number of aromatic nitrogens is 3. The lowest BCUT2D eigenvalue weighted by atomic mass is 10.0. The highest BCUT2D eigenvalue weighted by Crippen LogP contribution is 2.26. The number of aryl methyl sites for hydroxylation is 1. The van der Waals surface area contributed by atoms with Gasteiger partial charge >= 0.3 is 0 Å². The normalized spacial score (nSPS) is 15.1. The number of carbonyl (C=O) groups excluding carboxylic acids is 1. The van der Waals surface area contributed by atoms with Gasteiger partial charge in [-0.2, -0.15) is 0 Å². The molecule has 180 valence electrons. The van der Waals surface area contributed by atoms with Crippen molar-refractivity contribution in [3.8, 4) is 5.75 Å². The molecule has 2 heterocycles. The van der Waals surface area contributed by atoms with E-state index in [1.165, 1.54) is 42.2 Å². The molecular formula is C26H33N5O2S. The Morgan fingerprint density at radius 2 is 1.79 bits per heavy atom. The van der Waals surface area contributed by atoms with Crippen LogP contribution in [0.2, 0.25) is 0 Å². The van der Waals surface area contributed by atoms with Crippen LogP contribution in [-0.2, 0) is 11.3 Å². The molecule has 0 saturated carbocycles. The average Bonchev–Trinajstić information content (AvgIpc) is 3.23. The lowest BCUT2D eigenvalue weighted by molar-refractivity contribution is -0.118. The summed E-state index contributed by atoms with van der Waals surface area (Å²) in [5.74, 6) is 2.00. The standard InChI is InChI=1S/C26H33N5O2S/c1-20-28-29-26(31(20)18-21-9-5-3-6-10-21)34-19-25(32)27-17-24(30-15-7-4-8-16-30)22-11-13-23(33-2)14-12-22/h3,5-6,9-14,24H,4,7-8,15-19H2,1-2H3,(H,27,32). The first-order chi connectivity index (χ1) is 16.6. The number of nitrogens with zero attached hydrogens (tertiary/aromatic N) is 4. The molecule has 1 aliphatic heterocycles. The lowest BCUT2D eigenvalue weighted by Crippen LogP contribution is -2.41. The monoisotopic (exact) mass is 479 g/mol. The van der Waals surface area contributed by atoms with Gasteiger partial charge in [0.05, 0.1) is 25.4 Å². The van der Waals surface area contributed by atoms with E-state index in [0.717, 1.165) is 29.8 Å². The molecule has 1 aliphatic rings. The molecular weight excluding hydrogens is 446 g/mol. The molecule has 1 fully saturated rings. The molecule has 3 aromatic rings. The number of ether oxygens (including phenoxy) is 1. The second kappa shape index (κ2) is 12.0. The molecule has 0 bridgehead atoms. The number of methoxy groups -OCH3 is 1. The fraction of sp³-hybridized carbons (Fsp3) is 0.423. The Morgan fingerprint density at radius 1 is 1.06 bits per heavy atom. The van der Waals surface area contributed by atoms with Gasteiger partial charge in [0.2, 0.25) is 5.91 Å². The van der Waals surface area contributed by atoms with E-state index in [1.54, 1.807) is 7.11 Å². The lowest BCUT2D eigenvalue weighted by Gasteiger charge is -2.35. The number of hydrogen-bond donors (Lipinski definition) is 1. The van der Waals surface area contributed by atoms with Gasteiger partial charge in [-0.15, -0.1) is 10.2 Å². The average molecular weight is 480 g/mol. The Balaban J connectivity index is 1.36. The van der Waals surface area contributed by atoms with Crippen LogP contribution in [0.15, 0.2) is 59.8 Å². The maximum Gasteiger partial charge on any atom is 0.230 e. The van der Waals surface area contributed by atoms with E-state index in [2.05, 4.69) is 49.2 Å². The van der Waals surface area contributed by atoms with Crippen LogP contribution in [0.3, 0.4) is 0 Å². The Morgan fingerprint density at radius 3 is 2.50 bits per heavy atom. The quantitative estimate of drug-likeness (QED) is 0.442. The summed E-state index contributed by atoms with van der Waals surface area (Å²) >= 11 is 1.43. The van der Waals surface area contributed by atoms with Crippen molar-refractivity contribution in [1.29, 1.82) is 0 Å². The molecule has 2 aromatic carbocycles. The van der Waals surface area contributed by atoms with Crippen LogP contribution in [-0.4, -0.2) is 58.1 Å². The minimum absolute atomic E-state index is 0.00688. The van der Waals surface area contributed by atoms with Gasteiger partial charge in [-0.3, -0.25) is 9.69 Å². The second-order valence-corrected chi connectivity index (χ2v) is 9.52. The zero-order valence-electron chi connectivity index (χ0n) is 19.9. The van der Waals surface area contributed by atoms with E-state index in [1.807, 2.05) is 37.3 Å². The molecule has 1 atom stereocenters. The van der Waals surface area contributed by atoms with Crippen molar-refractivity contribution in [2.24, 2.45) is 0 Å². The molecule has 4 rings (SSSR count). The summed E-state index contributed by atoms with van der Waals surface area (Å²) in [5.41, 5.74) is 2.38. The smallest absolute Gasteiger partial charge is 0.230 e. The number of rotatable bonds is 10. The van der Waals surface area contributed by atoms with Gasteiger partial charge in [0.25, 0.3) is 0 Å². The maximum atomic E-state index is 12.8. The highest BCUT2D eigenvalue weighted by Gasteiger charge is 2.23. The van der Waals surface area contributed by atoms with E-state index < -0.39 is 0 Å². The van der Waals surface area contributed by atoms with Crippen molar-refractivity contribution in [2.45, 2.75) is 43.9 Å². The third-order valence-corrected chi connectivity index (χ3v) is 7.21.